The molecule has 3 aromatic rings. The molecule has 2 unspecified atom stereocenters. The Hall–Kier alpha value is -3.61. The first-order chi connectivity index (χ1) is 17.8. The van der Waals surface area contributed by atoms with Gasteiger partial charge in [-0.25, -0.2) is 9.18 Å². The molecule has 0 saturated carbocycles. The molecule has 1 aliphatic carbocycles. The molecule has 190 valence electrons. The molecule has 0 radical (unpaired) electrons. The maximum absolute atomic E-state index is 14.4. The SMILES string of the molecule is O=C(OCC1c2ccccc2-c2ccccc21)N1C2C=C(Cc3ccc(C(F)(F)F)cc3F)CC1CC2. The number of nitrogens with zero attached hydrogens (tertiary/aromatic N) is 1. The predicted molar refractivity (Wildman–Crippen MR) is 132 cm³/mol. The van der Waals surface area contributed by atoms with Crippen LogP contribution in [-0.2, 0) is 17.3 Å². The standard InChI is InChI=1S/C30H25F4NO2/c31-28-16-20(30(32,33)34)10-9-19(28)13-18-14-21-11-12-22(15-18)35(21)29(36)37-17-27-25-7-3-1-5-23(25)24-6-2-4-8-26(24)27/h1-10,14,16,21-22,27H,11-13,15,17H2. The van der Waals surface area contributed by atoms with E-state index in [1.54, 1.807) is 4.90 Å². The molecule has 2 atom stereocenters. The van der Waals surface area contributed by atoms with Crippen LogP contribution >= 0.6 is 0 Å². The van der Waals surface area contributed by atoms with Gasteiger partial charge in [0.2, 0.25) is 0 Å². The number of amides is 1. The summed E-state index contributed by atoms with van der Waals surface area (Å²) in [6, 6.07) is 18.8. The highest BCUT2D eigenvalue weighted by Crippen LogP contribution is 2.45. The predicted octanol–water partition coefficient (Wildman–Crippen LogP) is 7.50. The van der Waals surface area contributed by atoms with E-state index < -0.39 is 17.6 Å². The molecule has 2 bridgehead atoms. The molecule has 1 fully saturated rings. The minimum absolute atomic E-state index is 0.0208. The van der Waals surface area contributed by atoms with Crippen LogP contribution in [0.5, 0.6) is 0 Å². The average molecular weight is 508 g/mol. The van der Waals surface area contributed by atoms with Crippen molar-refractivity contribution < 1.29 is 27.1 Å². The maximum atomic E-state index is 14.4. The van der Waals surface area contributed by atoms with E-state index in [0.717, 1.165) is 35.6 Å². The van der Waals surface area contributed by atoms with E-state index in [1.807, 2.05) is 30.3 Å². The van der Waals surface area contributed by atoms with Crippen LogP contribution in [0.4, 0.5) is 22.4 Å². The van der Waals surface area contributed by atoms with Gasteiger partial charge in [-0.1, -0.05) is 66.2 Å². The zero-order chi connectivity index (χ0) is 25.7. The van der Waals surface area contributed by atoms with Gasteiger partial charge in [0.25, 0.3) is 0 Å². The van der Waals surface area contributed by atoms with Crippen molar-refractivity contribution >= 4 is 6.09 Å². The second kappa shape index (κ2) is 9.05. The van der Waals surface area contributed by atoms with E-state index in [0.29, 0.717) is 12.5 Å². The molecule has 1 saturated heterocycles. The van der Waals surface area contributed by atoms with Gasteiger partial charge in [0, 0.05) is 12.0 Å². The Labute approximate surface area is 212 Å². The quantitative estimate of drug-likeness (QED) is 0.270. The Balaban J connectivity index is 1.14. The van der Waals surface area contributed by atoms with Crippen LogP contribution in [-0.4, -0.2) is 29.7 Å². The van der Waals surface area contributed by atoms with Crippen molar-refractivity contribution in [3.8, 4) is 11.1 Å². The highest BCUT2D eigenvalue weighted by molar-refractivity contribution is 5.79. The third-order valence-electron chi connectivity index (χ3n) is 7.82. The number of carbonyl (C=O) groups excluding carboxylic acids is 1. The molecule has 3 aromatic carbocycles. The average Bonchev–Trinajstić information content (AvgIpc) is 3.34. The zero-order valence-corrected chi connectivity index (χ0v) is 20.0. The van der Waals surface area contributed by atoms with Crippen LogP contribution in [0.2, 0.25) is 0 Å². The van der Waals surface area contributed by atoms with E-state index in [-0.39, 0.29) is 42.7 Å². The fraction of sp³-hybridized carbons (Fsp3) is 0.300. The number of carbonyl (C=O) groups is 1. The fourth-order valence-corrected chi connectivity index (χ4v) is 6.11. The molecule has 0 N–H and O–H groups in total. The van der Waals surface area contributed by atoms with Crippen LogP contribution in [0.15, 0.2) is 78.4 Å². The topological polar surface area (TPSA) is 29.5 Å². The van der Waals surface area contributed by atoms with Crippen LogP contribution in [0.25, 0.3) is 11.1 Å². The van der Waals surface area contributed by atoms with E-state index >= 15 is 0 Å². The lowest BCUT2D eigenvalue weighted by Crippen LogP contribution is -2.44. The van der Waals surface area contributed by atoms with Crippen molar-refractivity contribution in [1.29, 1.82) is 0 Å². The molecule has 3 nitrogen and oxygen atoms in total. The molecular formula is C30H25F4NO2. The van der Waals surface area contributed by atoms with Crippen molar-refractivity contribution in [3.05, 3.63) is 106 Å². The van der Waals surface area contributed by atoms with Gasteiger partial charge in [0.05, 0.1) is 11.6 Å². The number of fused-ring (bicyclic) bond motifs is 5. The van der Waals surface area contributed by atoms with Crippen molar-refractivity contribution in [1.82, 2.24) is 4.90 Å². The van der Waals surface area contributed by atoms with Crippen LogP contribution < -0.4 is 0 Å². The van der Waals surface area contributed by atoms with Gasteiger partial charge in [-0.3, -0.25) is 4.90 Å². The molecule has 2 heterocycles. The smallest absolute Gasteiger partial charge is 0.416 e. The third-order valence-corrected chi connectivity index (χ3v) is 7.82. The van der Waals surface area contributed by atoms with Gasteiger partial charge in [-0.15, -0.1) is 0 Å². The third kappa shape index (κ3) is 4.30. The minimum Gasteiger partial charge on any atom is -0.448 e. The molecule has 7 heteroatoms. The Morgan fingerprint density at radius 3 is 2.24 bits per heavy atom. The van der Waals surface area contributed by atoms with E-state index in [1.165, 1.54) is 17.2 Å². The highest BCUT2D eigenvalue weighted by atomic mass is 19.4. The van der Waals surface area contributed by atoms with E-state index in [2.05, 4.69) is 24.3 Å². The monoisotopic (exact) mass is 507 g/mol. The summed E-state index contributed by atoms with van der Waals surface area (Å²) in [5.41, 5.74) is 4.81. The van der Waals surface area contributed by atoms with Gasteiger partial charge < -0.3 is 4.74 Å². The fourth-order valence-electron chi connectivity index (χ4n) is 6.11. The van der Waals surface area contributed by atoms with Crippen molar-refractivity contribution in [2.75, 3.05) is 6.61 Å². The number of benzene rings is 3. The number of ether oxygens (including phenoxy) is 1. The molecule has 37 heavy (non-hydrogen) atoms. The Bertz CT molecular complexity index is 1350. The summed E-state index contributed by atoms with van der Waals surface area (Å²) in [6.07, 6.45) is -0.589. The Kier molecular flexibility index (Phi) is 5.81. The first kappa shape index (κ1) is 23.8. The van der Waals surface area contributed by atoms with Crippen molar-refractivity contribution in [2.45, 2.75) is 49.9 Å². The molecule has 0 spiro atoms. The molecule has 6 rings (SSSR count). The summed E-state index contributed by atoms with van der Waals surface area (Å²) in [6.45, 7) is 0.246. The second-order valence-electron chi connectivity index (χ2n) is 10.0. The van der Waals surface area contributed by atoms with Gasteiger partial charge in [0.1, 0.15) is 12.4 Å². The molecule has 1 amide bonds. The first-order valence-electron chi connectivity index (χ1n) is 12.5. The summed E-state index contributed by atoms with van der Waals surface area (Å²) < 4.78 is 58.9. The summed E-state index contributed by atoms with van der Waals surface area (Å²) in [7, 11) is 0. The van der Waals surface area contributed by atoms with Crippen LogP contribution in [0.3, 0.4) is 0 Å². The summed E-state index contributed by atoms with van der Waals surface area (Å²) in [5, 5.41) is 0. The van der Waals surface area contributed by atoms with Gasteiger partial charge in [-0.2, -0.15) is 13.2 Å². The number of hydrogen-bond donors (Lipinski definition) is 0. The lowest BCUT2D eigenvalue weighted by atomic mass is 9.94. The first-order valence-corrected chi connectivity index (χ1v) is 12.5. The highest BCUT2D eigenvalue weighted by Gasteiger charge is 2.41. The molecule has 2 aliphatic heterocycles. The normalized spacial score (nSPS) is 20.4. The van der Waals surface area contributed by atoms with Crippen LogP contribution in [0, 0.1) is 5.82 Å². The van der Waals surface area contributed by atoms with E-state index in [4.69, 9.17) is 4.74 Å². The van der Waals surface area contributed by atoms with E-state index in [9.17, 15) is 22.4 Å². The lowest BCUT2D eigenvalue weighted by Gasteiger charge is -2.33. The van der Waals surface area contributed by atoms with Crippen LogP contribution in [0.1, 0.15) is 47.4 Å². The maximum Gasteiger partial charge on any atom is 0.416 e. The minimum atomic E-state index is -4.58. The zero-order valence-electron chi connectivity index (χ0n) is 20.0. The summed E-state index contributed by atoms with van der Waals surface area (Å²) in [5.74, 6) is -0.880. The second-order valence-corrected chi connectivity index (χ2v) is 10.0. The largest absolute Gasteiger partial charge is 0.448 e. The van der Waals surface area contributed by atoms with Gasteiger partial charge >= 0.3 is 12.3 Å². The molecule has 0 aromatic heterocycles. The molecule has 3 aliphatic rings. The van der Waals surface area contributed by atoms with Gasteiger partial charge in [-0.05, 0) is 65.6 Å². The summed E-state index contributed by atoms with van der Waals surface area (Å²) >= 11 is 0. The van der Waals surface area contributed by atoms with Crippen molar-refractivity contribution in [2.24, 2.45) is 0 Å². The van der Waals surface area contributed by atoms with Crippen molar-refractivity contribution in [3.63, 3.8) is 0 Å². The lowest BCUT2D eigenvalue weighted by molar-refractivity contribution is -0.137. The van der Waals surface area contributed by atoms with Gasteiger partial charge in [0.15, 0.2) is 0 Å². The Morgan fingerprint density at radius 1 is 0.946 bits per heavy atom. The number of halogens is 4. The Morgan fingerprint density at radius 2 is 1.62 bits per heavy atom. The summed E-state index contributed by atoms with van der Waals surface area (Å²) in [4.78, 5) is 15.0. The molecular weight excluding hydrogens is 482 g/mol. The number of rotatable bonds is 4. The number of alkyl halides is 3. The number of hydrogen-bond acceptors (Lipinski definition) is 2.